The van der Waals surface area contributed by atoms with E-state index in [-0.39, 0.29) is 10.6 Å². The summed E-state index contributed by atoms with van der Waals surface area (Å²) in [5.74, 6) is 4.82. The van der Waals surface area contributed by atoms with Gasteiger partial charge in [0.25, 0.3) is 10.0 Å². The number of anilines is 2. The Hall–Kier alpha value is -2.12. The maximum Gasteiger partial charge on any atom is 0.262 e. The van der Waals surface area contributed by atoms with Crippen molar-refractivity contribution in [1.82, 2.24) is 0 Å². The molecule has 0 bridgehead atoms. The quantitative estimate of drug-likeness (QED) is 0.598. The van der Waals surface area contributed by atoms with E-state index in [2.05, 4.69) is 10.1 Å². The zero-order valence-corrected chi connectivity index (χ0v) is 12.5. The van der Waals surface area contributed by atoms with Crippen molar-refractivity contribution < 1.29 is 12.8 Å². The molecule has 0 saturated carbocycles. The highest BCUT2D eigenvalue weighted by molar-refractivity contribution is 7.92. The molecule has 0 spiro atoms. The lowest BCUT2D eigenvalue weighted by Crippen LogP contribution is -2.16. The molecular formula is C14H16FN3O2S. The third-order valence-electron chi connectivity index (χ3n) is 2.97. The van der Waals surface area contributed by atoms with E-state index in [0.717, 1.165) is 6.07 Å². The van der Waals surface area contributed by atoms with Crippen molar-refractivity contribution in [3.05, 3.63) is 53.3 Å². The van der Waals surface area contributed by atoms with Gasteiger partial charge in [-0.3, -0.25) is 10.6 Å². The van der Waals surface area contributed by atoms with Gasteiger partial charge >= 0.3 is 0 Å². The minimum absolute atomic E-state index is 0.158. The molecule has 0 heterocycles. The van der Waals surface area contributed by atoms with Crippen molar-refractivity contribution in [1.29, 1.82) is 0 Å². The van der Waals surface area contributed by atoms with Crippen LogP contribution in [0.3, 0.4) is 0 Å². The van der Waals surface area contributed by atoms with Crippen LogP contribution in [0, 0.1) is 19.7 Å². The van der Waals surface area contributed by atoms with Gasteiger partial charge in [-0.1, -0.05) is 6.07 Å². The van der Waals surface area contributed by atoms with Crippen LogP contribution >= 0.6 is 0 Å². The van der Waals surface area contributed by atoms with Gasteiger partial charge in [0.15, 0.2) is 0 Å². The zero-order chi connectivity index (χ0) is 15.6. The van der Waals surface area contributed by atoms with Gasteiger partial charge in [-0.2, -0.15) is 0 Å². The van der Waals surface area contributed by atoms with Crippen LogP contribution in [0.5, 0.6) is 0 Å². The van der Waals surface area contributed by atoms with Crippen LogP contribution in [0.2, 0.25) is 0 Å². The summed E-state index contributed by atoms with van der Waals surface area (Å²) in [4.78, 5) is 0.158. The number of nitrogens with two attached hydrogens (primary N) is 1. The number of aryl methyl sites for hydroxylation is 2. The van der Waals surface area contributed by atoms with Crippen LogP contribution in [-0.2, 0) is 10.0 Å². The van der Waals surface area contributed by atoms with E-state index >= 15 is 0 Å². The topological polar surface area (TPSA) is 84.2 Å². The molecule has 2 aromatic rings. The second-order valence-corrected chi connectivity index (χ2v) is 6.32. The van der Waals surface area contributed by atoms with E-state index in [9.17, 15) is 12.8 Å². The molecule has 0 aliphatic rings. The Morgan fingerprint density at radius 3 is 2.19 bits per heavy atom. The molecule has 0 aliphatic heterocycles. The van der Waals surface area contributed by atoms with E-state index in [1.807, 2.05) is 0 Å². The molecule has 112 valence electrons. The first-order valence-electron chi connectivity index (χ1n) is 6.20. The van der Waals surface area contributed by atoms with Crippen LogP contribution in [0.15, 0.2) is 41.3 Å². The second-order valence-electron chi connectivity index (χ2n) is 4.70. The van der Waals surface area contributed by atoms with E-state index < -0.39 is 15.8 Å². The fourth-order valence-electron chi connectivity index (χ4n) is 2.22. The average Bonchev–Trinajstić information content (AvgIpc) is 2.36. The molecular weight excluding hydrogens is 293 g/mol. The Balaban J connectivity index is 2.45. The average molecular weight is 309 g/mol. The normalized spacial score (nSPS) is 11.2. The minimum atomic E-state index is -3.80. The summed E-state index contributed by atoms with van der Waals surface area (Å²) in [7, 11) is -3.80. The second kappa shape index (κ2) is 5.71. The van der Waals surface area contributed by atoms with Gasteiger partial charge in [0, 0.05) is 5.69 Å². The van der Waals surface area contributed by atoms with Gasteiger partial charge in [-0.05, 0) is 55.3 Å². The Bertz CT molecular complexity index is 753. The molecule has 0 saturated heterocycles. The first kappa shape index (κ1) is 15.3. The lowest BCUT2D eigenvalue weighted by atomic mass is 10.1. The first-order chi connectivity index (χ1) is 9.83. The molecule has 0 amide bonds. The molecule has 0 aromatic heterocycles. The number of benzene rings is 2. The number of sulfonamides is 1. The molecule has 2 aromatic carbocycles. The maximum atomic E-state index is 13.1. The molecule has 0 unspecified atom stereocenters. The molecule has 21 heavy (non-hydrogen) atoms. The van der Waals surface area contributed by atoms with Crippen molar-refractivity contribution >= 4 is 21.4 Å². The van der Waals surface area contributed by atoms with E-state index in [1.54, 1.807) is 26.0 Å². The monoisotopic (exact) mass is 309 g/mol. The summed E-state index contributed by atoms with van der Waals surface area (Å²) in [5, 5.41) is 0. The predicted octanol–water partition coefficient (Wildman–Crippen LogP) is 2.53. The van der Waals surface area contributed by atoms with Gasteiger partial charge < -0.3 is 5.43 Å². The van der Waals surface area contributed by atoms with Crippen LogP contribution in [0.1, 0.15) is 11.1 Å². The summed E-state index contributed by atoms with van der Waals surface area (Å²) < 4.78 is 40.5. The summed E-state index contributed by atoms with van der Waals surface area (Å²) in [6.45, 7) is 3.35. The Morgan fingerprint density at radius 2 is 1.67 bits per heavy atom. The molecule has 0 fully saturated rings. The standard InChI is InChI=1S/C14H16FN3O2S/c1-9-6-13(17-16)7-10(2)14(9)21(19,20)18-12-5-3-4-11(15)8-12/h3-8,17-18H,16H2,1-2H3. The number of halogens is 1. The van der Waals surface area contributed by atoms with Gasteiger partial charge in [-0.25, -0.2) is 12.8 Å². The predicted molar refractivity (Wildman–Crippen MR) is 80.9 cm³/mol. The van der Waals surface area contributed by atoms with Crippen molar-refractivity contribution in [2.24, 2.45) is 5.84 Å². The SMILES string of the molecule is Cc1cc(NN)cc(C)c1S(=O)(=O)Nc1cccc(F)c1. The third kappa shape index (κ3) is 3.32. The number of hydrogen-bond donors (Lipinski definition) is 3. The molecule has 2 rings (SSSR count). The minimum Gasteiger partial charge on any atom is -0.324 e. The van der Waals surface area contributed by atoms with Crippen molar-refractivity contribution in [3.8, 4) is 0 Å². The van der Waals surface area contributed by atoms with Crippen LogP contribution in [0.4, 0.5) is 15.8 Å². The van der Waals surface area contributed by atoms with Crippen molar-refractivity contribution in [2.45, 2.75) is 18.7 Å². The van der Waals surface area contributed by atoms with Gasteiger partial charge in [0.05, 0.1) is 10.6 Å². The lowest BCUT2D eigenvalue weighted by Gasteiger charge is -2.14. The third-order valence-corrected chi connectivity index (χ3v) is 4.66. The lowest BCUT2D eigenvalue weighted by molar-refractivity contribution is 0.600. The van der Waals surface area contributed by atoms with Crippen molar-refractivity contribution in [2.75, 3.05) is 10.1 Å². The highest BCUT2D eigenvalue weighted by atomic mass is 32.2. The fourth-order valence-corrected chi connectivity index (χ4v) is 3.72. The number of hydrazine groups is 1. The van der Waals surface area contributed by atoms with Crippen molar-refractivity contribution in [3.63, 3.8) is 0 Å². The first-order valence-corrected chi connectivity index (χ1v) is 7.68. The number of hydrogen-bond acceptors (Lipinski definition) is 4. The van der Waals surface area contributed by atoms with Crippen LogP contribution in [-0.4, -0.2) is 8.42 Å². The molecule has 5 nitrogen and oxygen atoms in total. The Morgan fingerprint density at radius 1 is 1.05 bits per heavy atom. The highest BCUT2D eigenvalue weighted by Gasteiger charge is 2.20. The number of nitrogen functional groups attached to an aromatic ring is 1. The Kier molecular flexibility index (Phi) is 4.15. The fraction of sp³-hybridized carbons (Fsp3) is 0.143. The smallest absolute Gasteiger partial charge is 0.262 e. The summed E-state index contributed by atoms with van der Waals surface area (Å²) >= 11 is 0. The van der Waals surface area contributed by atoms with Gasteiger partial charge in [-0.15, -0.1) is 0 Å². The number of nitrogens with one attached hydrogen (secondary N) is 2. The zero-order valence-electron chi connectivity index (χ0n) is 11.6. The molecule has 7 heteroatoms. The van der Waals surface area contributed by atoms with Crippen LogP contribution in [0.25, 0.3) is 0 Å². The van der Waals surface area contributed by atoms with Gasteiger partial charge in [0.1, 0.15) is 5.82 Å². The van der Waals surface area contributed by atoms with E-state index in [1.165, 1.54) is 18.2 Å². The highest BCUT2D eigenvalue weighted by Crippen LogP contribution is 2.26. The summed E-state index contributed by atoms with van der Waals surface area (Å²) in [6, 6.07) is 8.56. The molecule has 0 aliphatic carbocycles. The molecule has 4 N–H and O–H groups in total. The van der Waals surface area contributed by atoms with E-state index in [0.29, 0.717) is 16.8 Å². The summed E-state index contributed by atoms with van der Waals surface area (Å²) in [5.41, 5.74) is 4.37. The molecule has 0 radical (unpaired) electrons. The maximum absolute atomic E-state index is 13.1. The van der Waals surface area contributed by atoms with Gasteiger partial charge in [0.2, 0.25) is 0 Å². The Labute approximate surface area is 123 Å². The summed E-state index contributed by atoms with van der Waals surface area (Å²) in [6.07, 6.45) is 0. The largest absolute Gasteiger partial charge is 0.324 e. The van der Waals surface area contributed by atoms with Crippen LogP contribution < -0.4 is 16.0 Å². The molecule has 0 atom stereocenters. The van der Waals surface area contributed by atoms with E-state index in [4.69, 9.17) is 5.84 Å². The number of rotatable bonds is 4.